The van der Waals surface area contributed by atoms with Crippen molar-refractivity contribution >= 4 is 5.69 Å². The van der Waals surface area contributed by atoms with Gasteiger partial charge in [0.2, 0.25) is 0 Å². The summed E-state index contributed by atoms with van der Waals surface area (Å²) >= 11 is 0. The summed E-state index contributed by atoms with van der Waals surface area (Å²) in [5, 5.41) is 3.47. The quantitative estimate of drug-likeness (QED) is 0.908. The van der Waals surface area contributed by atoms with Crippen LogP contribution in [0.25, 0.3) is 0 Å². The van der Waals surface area contributed by atoms with E-state index in [1.54, 1.807) is 0 Å². The fraction of sp³-hybridized carbons (Fsp3) is 0.333. The number of ether oxygens (including phenoxy) is 1. The second kappa shape index (κ2) is 5.58. The third kappa shape index (κ3) is 2.79. The number of hydrogen-bond donors (Lipinski definition) is 1. The minimum atomic E-state index is 0.206. The zero-order chi connectivity index (χ0) is 13.9. The van der Waals surface area contributed by atoms with Crippen molar-refractivity contribution in [1.29, 1.82) is 0 Å². The minimum Gasteiger partial charge on any atom is -0.486 e. The van der Waals surface area contributed by atoms with Crippen LogP contribution in [0.2, 0.25) is 0 Å². The van der Waals surface area contributed by atoms with Gasteiger partial charge in [-0.3, -0.25) is 0 Å². The van der Waals surface area contributed by atoms with E-state index in [0.717, 1.165) is 30.8 Å². The summed E-state index contributed by atoms with van der Waals surface area (Å²) < 4.78 is 6.08. The number of nitrogens with one attached hydrogen (secondary N) is 1. The van der Waals surface area contributed by atoms with E-state index in [1.807, 2.05) is 0 Å². The topological polar surface area (TPSA) is 21.3 Å². The molecule has 1 aliphatic heterocycles. The summed E-state index contributed by atoms with van der Waals surface area (Å²) in [6, 6.07) is 15.1. The molecule has 0 aliphatic carbocycles. The molecule has 0 fully saturated rings. The SMILES string of the molecule is CCc1ccc(CC2CNc3cc(C)ccc3O2)cc1. The fourth-order valence-electron chi connectivity index (χ4n) is 2.62. The highest BCUT2D eigenvalue weighted by molar-refractivity contribution is 5.59. The lowest BCUT2D eigenvalue weighted by atomic mass is 10.0. The highest BCUT2D eigenvalue weighted by Crippen LogP contribution is 2.30. The van der Waals surface area contributed by atoms with Crippen molar-refractivity contribution in [2.24, 2.45) is 0 Å². The molecule has 0 amide bonds. The summed E-state index contributed by atoms with van der Waals surface area (Å²) in [5.41, 5.74) is 5.10. The number of benzene rings is 2. The van der Waals surface area contributed by atoms with Crippen molar-refractivity contribution in [3.8, 4) is 5.75 Å². The Morgan fingerprint density at radius 2 is 1.85 bits per heavy atom. The summed E-state index contributed by atoms with van der Waals surface area (Å²) in [4.78, 5) is 0. The van der Waals surface area contributed by atoms with E-state index in [9.17, 15) is 0 Å². The van der Waals surface area contributed by atoms with Gasteiger partial charge >= 0.3 is 0 Å². The maximum atomic E-state index is 6.08. The zero-order valence-electron chi connectivity index (χ0n) is 12.1. The van der Waals surface area contributed by atoms with E-state index < -0.39 is 0 Å². The normalized spacial score (nSPS) is 17.0. The number of aryl methyl sites for hydroxylation is 2. The molecule has 0 radical (unpaired) electrons. The first kappa shape index (κ1) is 13.0. The lowest BCUT2D eigenvalue weighted by Crippen LogP contribution is -2.32. The number of hydrogen-bond acceptors (Lipinski definition) is 2. The molecule has 1 N–H and O–H groups in total. The average Bonchev–Trinajstić information content (AvgIpc) is 2.48. The predicted octanol–water partition coefficient (Wildman–Crippen LogP) is 3.97. The van der Waals surface area contributed by atoms with E-state index in [1.165, 1.54) is 16.7 Å². The third-order valence-electron chi connectivity index (χ3n) is 3.84. The van der Waals surface area contributed by atoms with Crippen LogP contribution in [-0.4, -0.2) is 12.6 Å². The maximum absolute atomic E-state index is 6.08. The van der Waals surface area contributed by atoms with Gasteiger partial charge in [0.1, 0.15) is 11.9 Å². The molecule has 2 aromatic rings. The molecule has 0 saturated carbocycles. The Labute approximate surface area is 120 Å². The van der Waals surface area contributed by atoms with Gasteiger partial charge in [-0.25, -0.2) is 0 Å². The molecule has 1 heterocycles. The Balaban J connectivity index is 1.69. The largest absolute Gasteiger partial charge is 0.486 e. The second-order valence-electron chi connectivity index (χ2n) is 5.49. The van der Waals surface area contributed by atoms with Gasteiger partial charge in [-0.2, -0.15) is 0 Å². The Hall–Kier alpha value is -1.96. The van der Waals surface area contributed by atoms with Crippen LogP contribution in [0.1, 0.15) is 23.6 Å². The Kier molecular flexibility index (Phi) is 3.64. The molecule has 2 nitrogen and oxygen atoms in total. The highest BCUT2D eigenvalue weighted by Gasteiger charge is 2.19. The van der Waals surface area contributed by atoms with Gasteiger partial charge in [-0.1, -0.05) is 37.3 Å². The summed E-state index contributed by atoms with van der Waals surface area (Å²) in [7, 11) is 0. The van der Waals surface area contributed by atoms with E-state index in [2.05, 4.69) is 61.6 Å². The van der Waals surface area contributed by atoms with Crippen LogP contribution in [0.5, 0.6) is 5.75 Å². The van der Waals surface area contributed by atoms with Crippen LogP contribution in [0.15, 0.2) is 42.5 Å². The molecule has 0 saturated heterocycles. The van der Waals surface area contributed by atoms with Crippen molar-refractivity contribution in [3.05, 3.63) is 59.2 Å². The minimum absolute atomic E-state index is 0.206. The van der Waals surface area contributed by atoms with E-state index in [-0.39, 0.29) is 6.10 Å². The van der Waals surface area contributed by atoms with Crippen LogP contribution < -0.4 is 10.1 Å². The zero-order valence-corrected chi connectivity index (χ0v) is 12.1. The van der Waals surface area contributed by atoms with Gasteiger partial charge in [0.25, 0.3) is 0 Å². The van der Waals surface area contributed by atoms with Crippen molar-refractivity contribution in [1.82, 2.24) is 0 Å². The molecule has 0 aromatic heterocycles. The van der Waals surface area contributed by atoms with E-state index in [4.69, 9.17) is 4.74 Å². The van der Waals surface area contributed by atoms with E-state index >= 15 is 0 Å². The first-order chi connectivity index (χ1) is 9.74. The van der Waals surface area contributed by atoms with Gasteiger partial charge in [-0.15, -0.1) is 0 Å². The Morgan fingerprint density at radius 1 is 1.10 bits per heavy atom. The molecule has 0 bridgehead atoms. The molecule has 1 unspecified atom stereocenters. The summed E-state index contributed by atoms with van der Waals surface area (Å²) in [6.07, 6.45) is 2.25. The number of rotatable bonds is 3. The second-order valence-corrected chi connectivity index (χ2v) is 5.49. The summed E-state index contributed by atoms with van der Waals surface area (Å²) in [6.45, 7) is 5.15. The van der Waals surface area contributed by atoms with Crippen LogP contribution in [0, 0.1) is 6.92 Å². The molecule has 0 spiro atoms. The van der Waals surface area contributed by atoms with E-state index in [0.29, 0.717) is 0 Å². The van der Waals surface area contributed by atoms with Gasteiger partial charge in [-0.05, 0) is 42.2 Å². The smallest absolute Gasteiger partial charge is 0.142 e. The van der Waals surface area contributed by atoms with Crippen molar-refractivity contribution in [3.63, 3.8) is 0 Å². The molecule has 1 aliphatic rings. The Morgan fingerprint density at radius 3 is 2.60 bits per heavy atom. The maximum Gasteiger partial charge on any atom is 0.142 e. The Bertz CT molecular complexity index is 589. The standard InChI is InChI=1S/C18H21NO/c1-3-14-5-7-15(8-6-14)11-16-12-19-17-10-13(2)4-9-18(17)20-16/h4-10,16,19H,3,11-12H2,1-2H3. The molecular formula is C18H21NO. The molecule has 1 atom stereocenters. The summed E-state index contributed by atoms with van der Waals surface area (Å²) in [5.74, 6) is 0.969. The molecule has 2 heteroatoms. The lowest BCUT2D eigenvalue weighted by molar-refractivity contribution is 0.206. The fourth-order valence-corrected chi connectivity index (χ4v) is 2.62. The monoisotopic (exact) mass is 267 g/mol. The van der Waals surface area contributed by atoms with Crippen LogP contribution in [0.3, 0.4) is 0 Å². The molecule has 2 aromatic carbocycles. The van der Waals surface area contributed by atoms with Crippen LogP contribution >= 0.6 is 0 Å². The first-order valence-corrected chi connectivity index (χ1v) is 7.33. The van der Waals surface area contributed by atoms with Crippen molar-refractivity contribution in [2.45, 2.75) is 32.8 Å². The molecule has 104 valence electrons. The van der Waals surface area contributed by atoms with Gasteiger partial charge in [0, 0.05) is 6.42 Å². The van der Waals surface area contributed by atoms with Crippen molar-refractivity contribution in [2.75, 3.05) is 11.9 Å². The molecule has 20 heavy (non-hydrogen) atoms. The lowest BCUT2D eigenvalue weighted by Gasteiger charge is -2.27. The third-order valence-corrected chi connectivity index (χ3v) is 3.84. The molecule has 3 rings (SSSR count). The first-order valence-electron chi connectivity index (χ1n) is 7.33. The van der Waals surface area contributed by atoms with Crippen LogP contribution in [-0.2, 0) is 12.8 Å². The number of fused-ring (bicyclic) bond motifs is 1. The molecular weight excluding hydrogens is 246 g/mol. The average molecular weight is 267 g/mol. The predicted molar refractivity (Wildman–Crippen MR) is 83.6 cm³/mol. The highest BCUT2D eigenvalue weighted by atomic mass is 16.5. The van der Waals surface area contributed by atoms with Gasteiger partial charge < -0.3 is 10.1 Å². The van der Waals surface area contributed by atoms with Gasteiger partial charge in [0.05, 0.1) is 12.2 Å². The van der Waals surface area contributed by atoms with Crippen LogP contribution in [0.4, 0.5) is 5.69 Å². The van der Waals surface area contributed by atoms with Crippen molar-refractivity contribution < 1.29 is 4.74 Å². The number of anilines is 1. The van der Waals surface area contributed by atoms with Gasteiger partial charge in [0.15, 0.2) is 0 Å².